The average molecular weight is 165 g/mol. The van der Waals surface area contributed by atoms with Gasteiger partial charge in [-0.3, -0.25) is 0 Å². The molecule has 1 fully saturated rings. The third kappa shape index (κ3) is 2.22. The van der Waals surface area contributed by atoms with Crippen molar-refractivity contribution in [3.8, 4) is 0 Å². The zero-order chi connectivity index (χ0) is 7.78. The van der Waals surface area contributed by atoms with E-state index in [1.54, 1.807) is 0 Å². The molecular formula is C4H11N3O2S. The molecule has 0 aromatic heterocycles. The molecule has 0 spiro atoms. The second kappa shape index (κ2) is 2.46. The standard InChI is InChI=1S/C4H11N3O2S/c5-3-1-4(2-3)7-10(6,8)9/h3-4,7H,1-2,5H2,(H2,6,8,9)/t3-,4+. The van der Waals surface area contributed by atoms with Gasteiger partial charge < -0.3 is 5.73 Å². The van der Waals surface area contributed by atoms with Crippen molar-refractivity contribution in [2.75, 3.05) is 0 Å². The summed E-state index contributed by atoms with van der Waals surface area (Å²) in [6.07, 6.45) is 1.38. The highest BCUT2D eigenvalue weighted by Crippen LogP contribution is 2.17. The van der Waals surface area contributed by atoms with Crippen LogP contribution >= 0.6 is 0 Å². The maximum absolute atomic E-state index is 10.4. The molecule has 0 amide bonds. The summed E-state index contributed by atoms with van der Waals surface area (Å²) in [5.41, 5.74) is 5.41. The normalized spacial score (nSPS) is 33.4. The Morgan fingerprint density at radius 2 is 1.90 bits per heavy atom. The molecule has 60 valence electrons. The lowest BCUT2D eigenvalue weighted by Gasteiger charge is -2.31. The van der Waals surface area contributed by atoms with Crippen LogP contribution in [0.2, 0.25) is 0 Å². The van der Waals surface area contributed by atoms with Gasteiger partial charge in [0.1, 0.15) is 0 Å². The summed E-state index contributed by atoms with van der Waals surface area (Å²) in [4.78, 5) is 0. The second-order valence-electron chi connectivity index (χ2n) is 2.59. The van der Waals surface area contributed by atoms with Crippen molar-refractivity contribution < 1.29 is 8.42 Å². The Balaban J connectivity index is 2.30. The molecule has 1 aliphatic carbocycles. The van der Waals surface area contributed by atoms with Crippen LogP contribution in [0.3, 0.4) is 0 Å². The lowest BCUT2D eigenvalue weighted by atomic mass is 9.89. The molecule has 6 heteroatoms. The van der Waals surface area contributed by atoms with Crippen LogP contribution in [0.1, 0.15) is 12.8 Å². The highest BCUT2D eigenvalue weighted by atomic mass is 32.2. The number of hydrogen-bond donors (Lipinski definition) is 3. The first kappa shape index (κ1) is 7.93. The zero-order valence-corrected chi connectivity index (χ0v) is 6.26. The van der Waals surface area contributed by atoms with Crippen LogP contribution in [0.15, 0.2) is 0 Å². The van der Waals surface area contributed by atoms with E-state index in [-0.39, 0.29) is 12.1 Å². The van der Waals surface area contributed by atoms with Gasteiger partial charge in [0.25, 0.3) is 10.2 Å². The first-order chi connectivity index (χ1) is 4.47. The molecule has 0 aliphatic heterocycles. The minimum Gasteiger partial charge on any atom is -0.328 e. The van der Waals surface area contributed by atoms with Crippen LogP contribution < -0.4 is 15.6 Å². The molecule has 5 nitrogen and oxygen atoms in total. The van der Waals surface area contributed by atoms with Crippen molar-refractivity contribution in [1.82, 2.24) is 4.72 Å². The van der Waals surface area contributed by atoms with Gasteiger partial charge in [-0.15, -0.1) is 0 Å². The van der Waals surface area contributed by atoms with Gasteiger partial charge in [-0.25, -0.2) is 5.14 Å². The number of hydrogen-bond acceptors (Lipinski definition) is 3. The van der Waals surface area contributed by atoms with Crippen LogP contribution in [-0.2, 0) is 10.2 Å². The molecule has 1 aliphatic rings. The molecular weight excluding hydrogens is 154 g/mol. The maximum Gasteiger partial charge on any atom is 0.274 e. The fourth-order valence-electron chi connectivity index (χ4n) is 0.990. The van der Waals surface area contributed by atoms with Gasteiger partial charge in [0.05, 0.1) is 0 Å². The van der Waals surface area contributed by atoms with E-state index in [1.165, 1.54) is 0 Å². The molecule has 0 aromatic rings. The summed E-state index contributed by atoms with van der Waals surface area (Å²) >= 11 is 0. The Morgan fingerprint density at radius 1 is 1.40 bits per heavy atom. The van der Waals surface area contributed by atoms with Gasteiger partial charge in [0.2, 0.25) is 0 Å². The molecule has 0 aromatic carbocycles. The van der Waals surface area contributed by atoms with Crippen molar-refractivity contribution in [3.05, 3.63) is 0 Å². The number of rotatable bonds is 2. The molecule has 0 heterocycles. The summed E-state index contributed by atoms with van der Waals surface area (Å²) in [5.74, 6) is 0. The van der Waals surface area contributed by atoms with Gasteiger partial charge in [-0.05, 0) is 12.8 Å². The zero-order valence-electron chi connectivity index (χ0n) is 5.45. The van der Waals surface area contributed by atoms with Crippen molar-refractivity contribution >= 4 is 10.2 Å². The SMILES string of the molecule is NS(=O)(=O)N[C@H]1C[C@@H](N)C1. The molecule has 1 saturated carbocycles. The van der Waals surface area contributed by atoms with E-state index >= 15 is 0 Å². The molecule has 0 saturated heterocycles. The smallest absolute Gasteiger partial charge is 0.274 e. The van der Waals surface area contributed by atoms with Gasteiger partial charge in [0, 0.05) is 12.1 Å². The Kier molecular flexibility index (Phi) is 1.95. The predicted molar refractivity (Wildman–Crippen MR) is 37.2 cm³/mol. The Hall–Kier alpha value is -0.170. The first-order valence-corrected chi connectivity index (χ1v) is 4.57. The summed E-state index contributed by atoms with van der Waals surface area (Å²) in [6, 6.07) is 0.101. The number of nitrogens with two attached hydrogens (primary N) is 2. The molecule has 1 rings (SSSR count). The van der Waals surface area contributed by atoms with Crippen LogP contribution in [-0.4, -0.2) is 20.5 Å². The molecule has 0 radical (unpaired) electrons. The highest BCUT2D eigenvalue weighted by molar-refractivity contribution is 7.87. The van der Waals surface area contributed by atoms with Crippen molar-refractivity contribution in [3.63, 3.8) is 0 Å². The van der Waals surface area contributed by atoms with E-state index < -0.39 is 10.2 Å². The average Bonchev–Trinajstić information content (AvgIpc) is 1.57. The molecule has 0 bridgehead atoms. The third-order valence-electron chi connectivity index (χ3n) is 1.51. The minimum atomic E-state index is -3.51. The van der Waals surface area contributed by atoms with Gasteiger partial charge in [-0.2, -0.15) is 13.1 Å². The van der Waals surface area contributed by atoms with E-state index in [4.69, 9.17) is 10.9 Å². The third-order valence-corrected chi connectivity index (χ3v) is 2.17. The lowest BCUT2D eigenvalue weighted by molar-refractivity contribution is 0.327. The van der Waals surface area contributed by atoms with E-state index in [0.29, 0.717) is 12.8 Å². The Morgan fingerprint density at radius 3 is 2.20 bits per heavy atom. The monoisotopic (exact) mass is 165 g/mol. The quantitative estimate of drug-likeness (QED) is 0.453. The fourth-order valence-corrected chi connectivity index (χ4v) is 1.65. The van der Waals surface area contributed by atoms with Crippen molar-refractivity contribution in [2.45, 2.75) is 24.9 Å². The maximum atomic E-state index is 10.4. The summed E-state index contributed by atoms with van der Waals surface area (Å²) in [7, 11) is -3.51. The molecule has 0 unspecified atom stereocenters. The van der Waals surface area contributed by atoms with Crippen molar-refractivity contribution in [1.29, 1.82) is 0 Å². The predicted octanol–water partition coefficient (Wildman–Crippen LogP) is -1.73. The van der Waals surface area contributed by atoms with Gasteiger partial charge in [0.15, 0.2) is 0 Å². The van der Waals surface area contributed by atoms with Crippen LogP contribution in [0, 0.1) is 0 Å². The largest absolute Gasteiger partial charge is 0.328 e. The lowest BCUT2D eigenvalue weighted by Crippen LogP contribution is -2.51. The summed E-state index contributed by atoms with van der Waals surface area (Å²) in [6.45, 7) is 0. The van der Waals surface area contributed by atoms with Crippen LogP contribution in [0.25, 0.3) is 0 Å². The molecule has 10 heavy (non-hydrogen) atoms. The van der Waals surface area contributed by atoms with Gasteiger partial charge >= 0.3 is 0 Å². The first-order valence-electron chi connectivity index (χ1n) is 3.03. The van der Waals surface area contributed by atoms with Crippen LogP contribution in [0.5, 0.6) is 0 Å². The van der Waals surface area contributed by atoms with Crippen LogP contribution in [0.4, 0.5) is 0 Å². The summed E-state index contributed by atoms with van der Waals surface area (Å²) < 4.78 is 23.0. The van der Waals surface area contributed by atoms with E-state index in [9.17, 15) is 8.42 Å². The fraction of sp³-hybridized carbons (Fsp3) is 1.00. The van der Waals surface area contributed by atoms with E-state index in [2.05, 4.69) is 4.72 Å². The molecule has 0 atom stereocenters. The topological polar surface area (TPSA) is 98.2 Å². The number of nitrogens with one attached hydrogen (secondary N) is 1. The molecule has 5 N–H and O–H groups in total. The van der Waals surface area contributed by atoms with E-state index in [1.807, 2.05) is 0 Å². The Bertz CT molecular complexity index is 207. The minimum absolute atomic E-state index is 0.0370. The van der Waals surface area contributed by atoms with Gasteiger partial charge in [-0.1, -0.05) is 0 Å². The Labute approximate surface area is 60.0 Å². The van der Waals surface area contributed by atoms with Crippen molar-refractivity contribution in [2.24, 2.45) is 10.9 Å². The highest BCUT2D eigenvalue weighted by Gasteiger charge is 2.27. The summed E-state index contributed by atoms with van der Waals surface area (Å²) in [5, 5.41) is 4.71. The van der Waals surface area contributed by atoms with E-state index in [0.717, 1.165) is 0 Å². The second-order valence-corrected chi connectivity index (χ2v) is 3.92.